The first-order valence-electron chi connectivity index (χ1n) is 4.95. The number of halogens is 6. The molecule has 0 saturated heterocycles. The smallest absolute Gasteiger partial charge is 0.343 e. The molecule has 10 heteroatoms. The number of carboxylic acids is 2. The summed E-state index contributed by atoms with van der Waals surface area (Å²) >= 11 is 34.5. The highest BCUT2D eigenvalue weighted by molar-refractivity contribution is 6.73. The Balaban J connectivity index is 4.78. The Morgan fingerprint density at radius 1 is 0.895 bits per heavy atom. The van der Waals surface area contributed by atoms with Gasteiger partial charge in [-0.05, 0) is 19.3 Å². The van der Waals surface area contributed by atoms with Gasteiger partial charge >= 0.3 is 11.9 Å². The van der Waals surface area contributed by atoms with Crippen molar-refractivity contribution >= 4 is 81.5 Å². The molecule has 0 heterocycles. The van der Waals surface area contributed by atoms with E-state index in [-0.39, 0.29) is 25.7 Å². The van der Waals surface area contributed by atoms with E-state index >= 15 is 0 Å². The largest absolute Gasteiger partial charge is 0.481 e. The van der Waals surface area contributed by atoms with E-state index in [1.807, 2.05) is 0 Å². The van der Waals surface area contributed by atoms with E-state index in [0.29, 0.717) is 0 Å². The summed E-state index contributed by atoms with van der Waals surface area (Å²) < 4.78 is -6.97. The molecular weight excluding hydrogens is 385 g/mol. The van der Waals surface area contributed by atoms with E-state index in [0.717, 1.165) is 0 Å². The molecule has 0 bridgehead atoms. The maximum atomic E-state index is 10.9. The Kier molecular flexibility index (Phi) is 7.35. The molecule has 0 aromatic carbocycles. The van der Waals surface area contributed by atoms with E-state index in [1.54, 1.807) is 0 Å². The van der Waals surface area contributed by atoms with Gasteiger partial charge in [-0.1, -0.05) is 69.6 Å². The van der Waals surface area contributed by atoms with E-state index < -0.39 is 24.9 Å². The fourth-order valence-corrected chi connectivity index (χ4v) is 2.56. The summed E-state index contributed by atoms with van der Waals surface area (Å²) in [4.78, 5) is 21.2. The molecule has 19 heavy (non-hydrogen) atoms. The molecule has 0 radical (unpaired) electrons. The molecule has 0 unspecified atom stereocenters. The van der Waals surface area contributed by atoms with Crippen LogP contribution in [-0.4, -0.2) is 35.2 Å². The van der Waals surface area contributed by atoms with Gasteiger partial charge in [0.05, 0.1) is 0 Å². The lowest BCUT2D eigenvalue weighted by molar-refractivity contribution is -0.138. The molecule has 112 valence electrons. The van der Waals surface area contributed by atoms with Crippen molar-refractivity contribution in [3.05, 3.63) is 0 Å². The number of alkyl halides is 6. The highest BCUT2D eigenvalue weighted by atomic mass is 35.5. The van der Waals surface area contributed by atoms with Crippen LogP contribution in [0.5, 0.6) is 0 Å². The lowest BCUT2D eigenvalue weighted by Gasteiger charge is -2.38. The average Bonchev–Trinajstić information content (AvgIpc) is 2.23. The summed E-state index contributed by atoms with van der Waals surface area (Å²) in [5.41, 5.74) is 0. The molecule has 0 aromatic rings. The zero-order valence-corrected chi connectivity index (χ0v) is 13.8. The van der Waals surface area contributed by atoms with Crippen LogP contribution < -0.4 is 0 Å². The maximum absolute atomic E-state index is 10.9. The number of hydrogen-bond donors (Lipinski definition) is 2. The first kappa shape index (κ1) is 19.7. The molecule has 0 spiro atoms. The summed E-state index contributed by atoms with van der Waals surface area (Å²) in [5, 5.41) is 17.3. The molecule has 0 aliphatic heterocycles. The first-order valence-corrected chi connectivity index (χ1v) is 7.21. The van der Waals surface area contributed by atoms with Gasteiger partial charge in [-0.3, -0.25) is 4.79 Å². The second kappa shape index (κ2) is 7.10. The topological polar surface area (TPSA) is 74.6 Å². The highest BCUT2D eigenvalue weighted by Gasteiger charge is 2.64. The molecule has 0 aliphatic rings. The molecule has 4 nitrogen and oxygen atoms in total. The van der Waals surface area contributed by atoms with Crippen molar-refractivity contribution in [2.24, 2.45) is 0 Å². The van der Waals surface area contributed by atoms with Crippen LogP contribution in [0.2, 0.25) is 0 Å². The van der Waals surface area contributed by atoms with Crippen LogP contribution in [0.4, 0.5) is 0 Å². The SMILES string of the molecule is O=C(O)CCCCC(Cl)(Cl)C(Cl)(Cl)C(Cl)(Cl)C(=O)O. The Morgan fingerprint density at radius 2 is 1.37 bits per heavy atom. The zero-order chi connectivity index (χ0) is 15.5. The third-order valence-electron chi connectivity index (χ3n) is 2.25. The summed E-state index contributed by atoms with van der Waals surface area (Å²) in [6.07, 6.45) is 0.354. The Labute approximate surface area is 139 Å². The van der Waals surface area contributed by atoms with Crippen molar-refractivity contribution in [2.75, 3.05) is 0 Å². The van der Waals surface area contributed by atoms with E-state index in [9.17, 15) is 9.59 Å². The third-order valence-corrected chi connectivity index (χ3v) is 6.07. The van der Waals surface area contributed by atoms with E-state index in [4.69, 9.17) is 79.8 Å². The predicted octanol–water partition coefficient (Wildman–Crippen LogP) is 4.24. The number of carbonyl (C=O) groups is 2. The predicted molar refractivity (Wildman–Crippen MR) is 77.1 cm³/mol. The summed E-state index contributed by atoms with van der Waals surface area (Å²) in [6, 6.07) is 0. The zero-order valence-electron chi connectivity index (χ0n) is 9.31. The van der Waals surface area contributed by atoms with Crippen LogP contribution in [0.15, 0.2) is 0 Å². The molecule has 0 amide bonds. The first-order chi connectivity index (χ1) is 8.36. The van der Waals surface area contributed by atoms with Gasteiger partial charge < -0.3 is 10.2 Å². The molecule has 0 aromatic heterocycles. The average molecular weight is 395 g/mol. The van der Waals surface area contributed by atoms with Crippen molar-refractivity contribution in [3.63, 3.8) is 0 Å². The lowest BCUT2D eigenvalue weighted by atomic mass is 10.1. The van der Waals surface area contributed by atoms with E-state index in [2.05, 4.69) is 0 Å². The monoisotopic (exact) mass is 392 g/mol. The van der Waals surface area contributed by atoms with Crippen LogP contribution in [0.25, 0.3) is 0 Å². The van der Waals surface area contributed by atoms with Gasteiger partial charge in [0, 0.05) is 6.42 Å². The van der Waals surface area contributed by atoms with Crippen LogP contribution >= 0.6 is 69.6 Å². The molecule has 0 aliphatic carbocycles. The quantitative estimate of drug-likeness (QED) is 0.477. The van der Waals surface area contributed by atoms with Gasteiger partial charge in [-0.15, -0.1) is 0 Å². The lowest BCUT2D eigenvalue weighted by Crippen LogP contribution is -2.53. The van der Waals surface area contributed by atoms with E-state index in [1.165, 1.54) is 0 Å². The number of unbranched alkanes of at least 4 members (excludes halogenated alkanes) is 1. The number of carboxylic acid groups (broad SMARTS) is 2. The second-order valence-corrected chi connectivity index (χ2v) is 7.90. The summed E-state index contributed by atoms with van der Waals surface area (Å²) in [7, 11) is 0. The van der Waals surface area contributed by atoms with Crippen molar-refractivity contribution < 1.29 is 19.8 Å². The van der Waals surface area contributed by atoms with Gasteiger partial charge in [0.15, 0.2) is 8.67 Å². The molecule has 0 atom stereocenters. The fraction of sp³-hybridized carbons (Fsp3) is 0.778. The normalized spacial score (nSPS) is 13.4. The fourth-order valence-electron chi connectivity index (χ4n) is 1.14. The highest BCUT2D eigenvalue weighted by Crippen LogP contribution is 2.56. The minimum Gasteiger partial charge on any atom is -0.481 e. The van der Waals surface area contributed by atoms with Gasteiger partial charge in [0.1, 0.15) is 0 Å². The Bertz CT molecular complexity index is 355. The number of hydrogen-bond acceptors (Lipinski definition) is 2. The van der Waals surface area contributed by atoms with Crippen molar-refractivity contribution in [1.29, 1.82) is 0 Å². The van der Waals surface area contributed by atoms with Crippen LogP contribution in [0, 0.1) is 0 Å². The summed E-state index contributed by atoms with van der Waals surface area (Å²) in [6.45, 7) is 0. The van der Waals surface area contributed by atoms with Gasteiger partial charge in [0.2, 0.25) is 4.33 Å². The van der Waals surface area contributed by atoms with Gasteiger partial charge in [-0.25, -0.2) is 4.79 Å². The molecule has 2 N–H and O–H groups in total. The standard InChI is InChI=1S/C9H10Cl6O4/c10-7(11,4-2-1-3-5(16)17)9(14,15)8(12,13)6(18)19/h1-4H2,(H,16,17)(H,18,19). The molecule has 0 saturated carbocycles. The van der Waals surface area contributed by atoms with Crippen molar-refractivity contribution in [1.82, 2.24) is 0 Å². The van der Waals surface area contributed by atoms with Crippen LogP contribution in [0.3, 0.4) is 0 Å². The van der Waals surface area contributed by atoms with Crippen molar-refractivity contribution in [3.8, 4) is 0 Å². The van der Waals surface area contributed by atoms with Gasteiger partial charge in [0.25, 0.3) is 0 Å². The summed E-state index contributed by atoms with van der Waals surface area (Å²) in [5.74, 6) is -2.68. The molecule has 0 rings (SSSR count). The van der Waals surface area contributed by atoms with Gasteiger partial charge in [-0.2, -0.15) is 0 Å². The van der Waals surface area contributed by atoms with Crippen LogP contribution in [0.1, 0.15) is 25.7 Å². The second-order valence-electron chi connectivity index (χ2n) is 3.76. The molecule has 0 fully saturated rings. The number of aliphatic carboxylic acids is 2. The minimum absolute atomic E-state index is 0.0785. The number of rotatable bonds is 8. The molecular formula is C9H10Cl6O4. The third kappa shape index (κ3) is 4.87. The van der Waals surface area contributed by atoms with Crippen molar-refractivity contribution in [2.45, 2.75) is 38.7 Å². The Morgan fingerprint density at radius 3 is 1.74 bits per heavy atom. The Hall–Kier alpha value is 0.680. The minimum atomic E-state index is -2.62. The van der Waals surface area contributed by atoms with Crippen LogP contribution in [-0.2, 0) is 9.59 Å². The maximum Gasteiger partial charge on any atom is 0.343 e.